The van der Waals surface area contributed by atoms with Gasteiger partial charge in [0.05, 0.1) is 22.2 Å². The summed E-state index contributed by atoms with van der Waals surface area (Å²) in [6.07, 6.45) is 0.743. The molecular weight excluding hydrogens is 442 g/mol. The van der Waals surface area contributed by atoms with Crippen LogP contribution in [0.15, 0.2) is 59.2 Å². The predicted molar refractivity (Wildman–Crippen MR) is 128 cm³/mol. The maximum atomic E-state index is 13.7. The molecule has 0 bridgehead atoms. The average molecular weight is 468 g/mol. The summed E-state index contributed by atoms with van der Waals surface area (Å²) in [5.41, 5.74) is 1.68. The SMILES string of the molecule is Cc1nc(-c2ccccc2)sc1C(=O)C1=C(O)C(=O)N(CCCN(C)C)C1c1cccs1. The van der Waals surface area contributed by atoms with Gasteiger partial charge in [0.15, 0.2) is 5.76 Å². The van der Waals surface area contributed by atoms with Crippen molar-refractivity contribution in [2.24, 2.45) is 0 Å². The number of nitrogens with zero attached hydrogens (tertiary/aromatic N) is 3. The second-order valence-electron chi connectivity index (χ2n) is 7.96. The number of aliphatic hydroxyl groups is 1. The molecule has 3 aromatic rings. The quantitative estimate of drug-likeness (QED) is 0.486. The summed E-state index contributed by atoms with van der Waals surface area (Å²) in [6.45, 7) is 3.05. The van der Waals surface area contributed by atoms with Gasteiger partial charge in [-0.1, -0.05) is 36.4 Å². The van der Waals surface area contributed by atoms with Crippen LogP contribution in [0.4, 0.5) is 0 Å². The van der Waals surface area contributed by atoms with E-state index < -0.39 is 17.7 Å². The zero-order valence-electron chi connectivity index (χ0n) is 18.2. The first kappa shape index (κ1) is 22.4. The Bertz CT molecular complexity index is 1150. The Labute approximate surface area is 195 Å². The van der Waals surface area contributed by atoms with E-state index >= 15 is 0 Å². The zero-order chi connectivity index (χ0) is 22.8. The number of amides is 1. The highest BCUT2D eigenvalue weighted by atomic mass is 32.1. The van der Waals surface area contributed by atoms with Crippen LogP contribution in [-0.4, -0.2) is 58.8 Å². The molecule has 0 radical (unpaired) electrons. The molecule has 32 heavy (non-hydrogen) atoms. The molecule has 1 amide bonds. The van der Waals surface area contributed by atoms with Gasteiger partial charge in [-0.15, -0.1) is 22.7 Å². The molecule has 0 spiro atoms. The molecule has 1 aliphatic heterocycles. The number of Topliss-reactive ketones (excluding diaryl/α,β-unsaturated/α-hetero) is 1. The molecule has 1 aromatic carbocycles. The third-order valence-electron chi connectivity index (χ3n) is 5.39. The number of hydrogen-bond acceptors (Lipinski definition) is 7. The van der Waals surface area contributed by atoms with E-state index in [1.54, 1.807) is 11.8 Å². The van der Waals surface area contributed by atoms with Crippen LogP contribution < -0.4 is 0 Å². The lowest BCUT2D eigenvalue weighted by atomic mass is 10.00. The van der Waals surface area contributed by atoms with Crippen LogP contribution in [0, 0.1) is 6.92 Å². The molecule has 0 fully saturated rings. The number of thiazole rings is 1. The second kappa shape index (κ2) is 9.36. The molecule has 3 heterocycles. The fourth-order valence-corrected chi connectivity index (χ4v) is 5.72. The third-order valence-corrected chi connectivity index (χ3v) is 7.52. The number of aryl methyl sites for hydroxylation is 1. The molecule has 0 aliphatic carbocycles. The monoisotopic (exact) mass is 467 g/mol. The molecule has 1 atom stereocenters. The number of benzene rings is 1. The minimum Gasteiger partial charge on any atom is -0.503 e. The van der Waals surface area contributed by atoms with Crippen LogP contribution in [0.5, 0.6) is 0 Å². The van der Waals surface area contributed by atoms with Crippen molar-refractivity contribution in [2.75, 3.05) is 27.2 Å². The summed E-state index contributed by atoms with van der Waals surface area (Å²) in [6, 6.07) is 12.9. The molecule has 1 aliphatic rings. The van der Waals surface area contributed by atoms with E-state index in [0.717, 1.165) is 28.4 Å². The van der Waals surface area contributed by atoms with Gasteiger partial charge in [0.25, 0.3) is 5.91 Å². The van der Waals surface area contributed by atoms with Crippen molar-refractivity contribution >= 4 is 34.4 Å². The number of thiophene rings is 1. The minimum absolute atomic E-state index is 0.147. The Morgan fingerprint density at radius 2 is 1.94 bits per heavy atom. The molecule has 0 saturated carbocycles. The highest BCUT2D eigenvalue weighted by molar-refractivity contribution is 7.17. The van der Waals surface area contributed by atoms with Crippen molar-refractivity contribution in [3.63, 3.8) is 0 Å². The van der Waals surface area contributed by atoms with E-state index in [4.69, 9.17) is 0 Å². The fourth-order valence-electron chi connectivity index (χ4n) is 3.85. The summed E-state index contributed by atoms with van der Waals surface area (Å²) in [4.78, 5) is 36.2. The standard InChI is InChI=1S/C24H25N3O3S2/c1-15-22(32-23(25-15)16-9-5-4-6-10-16)20(28)18-19(17-11-7-14-31-17)27(24(30)21(18)29)13-8-12-26(2)3/h4-7,9-11,14,19,29H,8,12-13H2,1-3H3. The summed E-state index contributed by atoms with van der Waals surface area (Å²) >= 11 is 2.77. The van der Waals surface area contributed by atoms with Gasteiger partial charge in [-0.3, -0.25) is 9.59 Å². The van der Waals surface area contributed by atoms with Crippen molar-refractivity contribution in [2.45, 2.75) is 19.4 Å². The van der Waals surface area contributed by atoms with Gasteiger partial charge in [-0.05, 0) is 45.4 Å². The van der Waals surface area contributed by atoms with Gasteiger partial charge in [-0.2, -0.15) is 0 Å². The van der Waals surface area contributed by atoms with Crippen LogP contribution in [-0.2, 0) is 4.79 Å². The number of rotatable bonds is 8. The fraction of sp³-hybridized carbons (Fsp3) is 0.292. The highest BCUT2D eigenvalue weighted by Gasteiger charge is 2.44. The molecule has 1 unspecified atom stereocenters. The lowest BCUT2D eigenvalue weighted by Gasteiger charge is -2.26. The van der Waals surface area contributed by atoms with E-state index in [9.17, 15) is 14.7 Å². The van der Waals surface area contributed by atoms with Gasteiger partial charge in [0, 0.05) is 17.0 Å². The van der Waals surface area contributed by atoms with Gasteiger partial charge in [-0.25, -0.2) is 4.98 Å². The van der Waals surface area contributed by atoms with Crippen molar-refractivity contribution in [3.05, 3.63) is 74.6 Å². The van der Waals surface area contributed by atoms with Crippen LogP contribution in [0.3, 0.4) is 0 Å². The Morgan fingerprint density at radius 3 is 2.59 bits per heavy atom. The number of hydrogen-bond donors (Lipinski definition) is 1. The van der Waals surface area contributed by atoms with E-state index in [2.05, 4.69) is 4.98 Å². The van der Waals surface area contributed by atoms with Crippen molar-refractivity contribution in [3.8, 4) is 10.6 Å². The first-order chi connectivity index (χ1) is 15.4. The largest absolute Gasteiger partial charge is 0.503 e. The number of ketones is 1. The maximum Gasteiger partial charge on any atom is 0.290 e. The smallest absolute Gasteiger partial charge is 0.290 e. The average Bonchev–Trinajstić information content (AvgIpc) is 3.49. The highest BCUT2D eigenvalue weighted by Crippen LogP contribution is 2.42. The van der Waals surface area contributed by atoms with Crippen LogP contribution >= 0.6 is 22.7 Å². The first-order valence-electron chi connectivity index (χ1n) is 10.4. The van der Waals surface area contributed by atoms with Crippen molar-refractivity contribution in [1.29, 1.82) is 0 Å². The van der Waals surface area contributed by atoms with Gasteiger partial charge in [0.2, 0.25) is 5.78 Å². The maximum absolute atomic E-state index is 13.7. The number of aromatic nitrogens is 1. The van der Waals surface area contributed by atoms with Crippen molar-refractivity contribution in [1.82, 2.24) is 14.8 Å². The molecule has 8 heteroatoms. The number of carbonyl (C=O) groups is 2. The summed E-state index contributed by atoms with van der Waals surface area (Å²) in [7, 11) is 3.95. The Kier molecular flexibility index (Phi) is 6.55. The topological polar surface area (TPSA) is 73.7 Å². The van der Waals surface area contributed by atoms with Gasteiger partial charge in [0.1, 0.15) is 5.01 Å². The molecule has 166 valence electrons. The minimum atomic E-state index is -0.584. The lowest BCUT2D eigenvalue weighted by molar-refractivity contribution is -0.129. The normalized spacial score (nSPS) is 16.4. The Morgan fingerprint density at radius 1 is 1.19 bits per heavy atom. The lowest BCUT2D eigenvalue weighted by Crippen LogP contribution is -2.33. The molecular formula is C24H25N3O3S2. The van der Waals surface area contributed by atoms with E-state index in [1.165, 1.54) is 22.7 Å². The number of carbonyl (C=O) groups excluding carboxylic acids is 2. The van der Waals surface area contributed by atoms with Gasteiger partial charge >= 0.3 is 0 Å². The molecule has 0 saturated heterocycles. The zero-order valence-corrected chi connectivity index (χ0v) is 19.9. The summed E-state index contributed by atoms with van der Waals surface area (Å²) in [5, 5.41) is 13.5. The Balaban J connectivity index is 1.70. The van der Waals surface area contributed by atoms with E-state index in [0.29, 0.717) is 17.1 Å². The predicted octanol–water partition coefficient (Wildman–Crippen LogP) is 4.71. The van der Waals surface area contributed by atoms with Crippen molar-refractivity contribution < 1.29 is 14.7 Å². The molecule has 1 N–H and O–H groups in total. The molecule has 6 nitrogen and oxygen atoms in total. The second-order valence-corrected chi connectivity index (χ2v) is 9.94. The summed E-state index contributed by atoms with van der Waals surface area (Å²) < 4.78 is 0. The van der Waals surface area contributed by atoms with Gasteiger partial charge < -0.3 is 14.9 Å². The molecule has 4 rings (SSSR count). The van der Waals surface area contributed by atoms with E-state index in [1.807, 2.05) is 66.8 Å². The van der Waals surface area contributed by atoms with E-state index in [-0.39, 0.29) is 11.4 Å². The third kappa shape index (κ3) is 4.26. The molecule has 2 aromatic heterocycles. The van der Waals surface area contributed by atoms with Crippen LogP contribution in [0.2, 0.25) is 0 Å². The summed E-state index contributed by atoms with van der Waals surface area (Å²) in [5.74, 6) is -1.27. The first-order valence-corrected chi connectivity index (χ1v) is 12.1. The van der Waals surface area contributed by atoms with Crippen LogP contribution in [0.25, 0.3) is 10.6 Å². The van der Waals surface area contributed by atoms with Crippen LogP contribution in [0.1, 0.15) is 32.7 Å². The number of aliphatic hydroxyl groups excluding tert-OH is 1. The Hall–Kier alpha value is -2.81.